The zero-order valence-electron chi connectivity index (χ0n) is 16.0. The van der Waals surface area contributed by atoms with Crippen molar-refractivity contribution in [1.82, 2.24) is 30.0 Å². The zero-order chi connectivity index (χ0) is 19.3. The van der Waals surface area contributed by atoms with Crippen LogP contribution in [0.3, 0.4) is 0 Å². The standard InChI is InChI=1S/C20H26N6O2/c27-18-13-15-5-3-7-17(15)24-26(18)12-11-25-10-2-1-6-16(25)14-23-20(28)19-21-8-4-9-22-19/h4,8-9,13,16H,1-3,5-7,10-12,14H2,(H,23,28). The molecule has 1 N–H and O–H groups in total. The first-order chi connectivity index (χ1) is 13.7. The number of aryl methyl sites for hydroxylation is 2. The predicted octanol–water partition coefficient (Wildman–Crippen LogP) is 0.806. The fourth-order valence-corrected chi connectivity index (χ4v) is 4.11. The summed E-state index contributed by atoms with van der Waals surface area (Å²) in [5.41, 5.74) is 2.18. The normalized spacial score (nSPS) is 19.4. The van der Waals surface area contributed by atoms with Crippen LogP contribution < -0.4 is 10.9 Å². The second kappa shape index (κ2) is 8.60. The maximum atomic E-state index is 12.3. The molecule has 1 unspecified atom stereocenters. The Morgan fingerprint density at radius 1 is 1.14 bits per heavy atom. The van der Waals surface area contributed by atoms with Crippen molar-refractivity contribution in [3.05, 3.63) is 52.0 Å². The Morgan fingerprint density at radius 3 is 2.86 bits per heavy atom. The van der Waals surface area contributed by atoms with Gasteiger partial charge in [0.1, 0.15) is 0 Å². The van der Waals surface area contributed by atoms with Crippen LogP contribution in [0.25, 0.3) is 0 Å². The van der Waals surface area contributed by atoms with Gasteiger partial charge in [0.2, 0.25) is 5.82 Å². The number of nitrogens with one attached hydrogen (secondary N) is 1. The molecular weight excluding hydrogens is 356 g/mol. The van der Waals surface area contributed by atoms with Crippen molar-refractivity contribution in [3.63, 3.8) is 0 Å². The molecule has 0 saturated carbocycles. The van der Waals surface area contributed by atoms with Gasteiger partial charge < -0.3 is 5.32 Å². The van der Waals surface area contributed by atoms with Gasteiger partial charge in [-0.05, 0) is 50.3 Å². The van der Waals surface area contributed by atoms with Crippen molar-refractivity contribution >= 4 is 5.91 Å². The summed E-state index contributed by atoms with van der Waals surface area (Å²) in [7, 11) is 0. The van der Waals surface area contributed by atoms with E-state index in [2.05, 4.69) is 25.3 Å². The van der Waals surface area contributed by atoms with Gasteiger partial charge in [-0.1, -0.05) is 6.42 Å². The fraction of sp³-hybridized carbons (Fsp3) is 0.550. The van der Waals surface area contributed by atoms with E-state index in [0.717, 1.165) is 62.9 Å². The molecule has 8 heteroatoms. The van der Waals surface area contributed by atoms with Gasteiger partial charge in [0.05, 0.1) is 12.2 Å². The Labute approximate surface area is 164 Å². The van der Waals surface area contributed by atoms with Crippen LogP contribution >= 0.6 is 0 Å². The number of carbonyl (C=O) groups is 1. The largest absolute Gasteiger partial charge is 0.348 e. The van der Waals surface area contributed by atoms with Gasteiger partial charge >= 0.3 is 0 Å². The molecule has 3 heterocycles. The second-order valence-corrected chi connectivity index (χ2v) is 7.50. The fourth-order valence-electron chi connectivity index (χ4n) is 4.11. The molecule has 1 fully saturated rings. The second-order valence-electron chi connectivity index (χ2n) is 7.50. The molecule has 2 aromatic heterocycles. The van der Waals surface area contributed by atoms with Gasteiger partial charge in [-0.15, -0.1) is 0 Å². The first-order valence-electron chi connectivity index (χ1n) is 10.1. The van der Waals surface area contributed by atoms with E-state index >= 15 is 0 Å². The summed E-state index contributed by atoms with van der Waals surface area (Å²) in [5.74, 6) is -0.0543. The molecule has 2 aromatic rings. The lowest BCUT2D eigenvalue weighted by molar-refractivity contribution is 0.0899. The molecule has 2 aliphatic rings. The van der Waals surface area contributed by atoms with E-state index in [1.165, 1.54) is 0 Å². The third kappa shape index (κ3) is 4.27. The number of nitrogens with zero attached hydrogens (tertiary/aromatic N) is 5. The van der Waals surface area contributed by atoms with Gasteiger partial charge in [0.25, 0.3) is 11.5 Å². The van der Waals surface area contributed by atoms with E-state index in [4.69, 9.17) is 0 Å². The van der Waals surface area contributed by atoms with E-state index in [-0.39, 0.29) is 23.3 Å². The molecule has 0 bridgehead atoms. The van der Waals surface area contributed by atoms with E-state index in [0.29, 0.717) is 13.1 Å². The summed E-state index contributed by atoms with van der Waals surface area (Å²) >= 11 is 0. The number of hydrogen-bond donors (Lipinski definition) is 1. The van der Waals surface area contributed by atoms with E-state index in [1.54, 1.807) is 29.2 Å². The summed E-state index contributed by atoms with van der Waals surface area (Å²) in [6.07, 6.45) is 9.47. The molecular formula is C20H26N6O2. The minimum absolute atomic E-state index is 0.0104. The third-order valence-electron chi connectivity index (χ3n) is 5.64. The number of aromatic nitrogens is 4. The molecule has 148 valence electrons. The van der Waals surface area contributed by atoms with Crippen LogP contribution in [0.5, 0.6) is 0 Å². The minimum Gasteiger partial charge on any atom is -0.348 e. The smallest absolute Gasteiger partial charge is 0.289 e. The van der Waals surface area contributed by atoms with Crippen LogP contribution in [-0.2, 0) is 19.4 Å². The van der Waals surface area contributed by atoms with Crippen LogP contribution in [0.1, 0.15) is 47.6 Å². The van der Waals surface area contributed by atoms with Crippen molar-refractivity contribution in [2.45, 2.75) is 51.1 Å². The molecule has 1 aliphatic carbocycles. The quantitative estimate of drug-likeness (QED) is 0.795. The lowest BCUT2D eigenvalue weighted by atomic mass is 10.0. The maximum absolute atomic E-state index is 12.3. The van der Waals surface area contributed by atoms with E-state index < -0.39 is 0 Å². The van der Waals surface area contributed by atoms with Gasteiger partial charge in [-0.25, -0.2) is 14.6 Å². The van der Waals surface area contributed by atoms with Crippen molar-refractivity contribution in [1.29, 1.82) is 0 Å². The average Bonchev–Trinajstić information content (AvgIpc) is 3.18. The Bertz CT molecular complexity index is 882. The highest BCUT2D eigenvalue weighted by molar-refractivity contribution is 5.90. The summed E-state index contributed by atoms with van der Waals surface area (Å²) < 4.78 is 1.60. The highest BCUT2D eigenvalue weighted by Gasteiger charge is 2.24. The molecule has 28 heavy (non-hydrogen) atoms. The van der Waals surface area contributed by atoms with E-state index in [1.807, 2.05) is 0 Å². The molecule has 1 atom stereocenters. The first-order valence-corrected chi connectivity index (χ1v) is 10.1. The molecule has 1 saturated heterocycles. The van der Waals surface area contributed by atoms with Crippen LogP contribution in [0, 0.1) is 0 Å². The predicted molar refractivity (Wildman–Crippen MR) is 104 cm³/mol. The third-order valence-corrected chi connectivity index (χ3v) is 5.64. The average molecular weight is 382 g/mol. The molecule has 0 spiro atoms. The number of fused-ring (bicyclic) bond motifs is 1. The molecule has 0 aromatic carbocycles. The van der Waals surface area contributed by atoms with Crippen LogP contribution in [-0.4, -0.2) is 56.2 Å². The van der Waals surface area contributed by atoms with Gasteiger partial charge in [0.15, 0.2) is 0 Å². The number of piperidine rings is 1. The van der Waals surface area contributed by atoms with Crippen LogP contribution in [0.4, 0.5) is 0 Å². The van der Waals surface area contributed by atoms with Crippen LogP contribution in [0.15, 0.2) is 29.3 Å². The van der Waals surface area contributed by atoms with Gasteiger partial charge in [-0.3, -0.25) is 14.5 Å². The van der Waals surface area contributed by atoms with Crippen molar-refractivity contribution in [2.24, 2.45) is 0 Å². The number of rotatable bonds is 6. The summed E-state index contributed by atoms with van der Waals surface area (Å²) in [4.78, 5) is 34.9. The maximum Gasteiger partial charge on any atom is 0.289 e. The number of carbonyl (C=O) groups excluding carboxylic acids is 1. The number of likely N-dealkylation sites (tertiary alicyclic amines) is 1. The zero-order valence-corrected chi connectivity index (χ0v) is 16.0. The highest BCUT2D eigenvalue weighted by Crippen LogP contribution is 2.18. The molecule has 1 amide bonds. The molecule has 1 aliphatic heterocycles. The Balaban J connectivity index is 1.35. The lowest BCUT2D eigenvalue weighted by Crippen LogP contribution is -2.48. The summed E-state index contributed by atoms with van der Waals surface area (Å²) in [6.45, 7) is 2.87. The molecule has 4 rings (SSSR count). The monoisotopic (exact) mass is 382 g/mol. The SMILES string of the molecule is O=C(NCC1CCCCN1CCn1nc2c(cc1=O)CCC2)c1ncccn1. The lowest BCUT2D eigenvalue weighted by Gasteiger charge is -2.35. The Hall–Kier alpha value is -2.61. The van der Waals surface area contributed by atoms with Crippen molar-refractivity contribution in [3.8, 4) is 0 Å². The van der Waals surface area contributed by atoms with Crippen LogP contribution in [0.2, 0.25) is 0 Å². The first kappa shape index (κ1) is 18.7. The van der Waals surface area contributed by atoms with Crippen molar-refractivity contribution in [2.75, 3.05) is 19.6 Å². The highest BCUT2D eigenvalue weighted by atomic mass is 16.2. The van der Waals surface area contributed by atoms with Gasteiger partial charge in [0, 0.05) is 37.6 Å². The number of hydrogen-bond acceptors (Lipinski definition) is 6. The number of amides is 1. The van der Waals surface area contributed by atoms with Crippen molar-refractivity contribution < 1.29 is 4.79 Å². The molecule has 0 radical (unpaired) electrons. The van der Waals surface area contributed by atoms with E-state index in [9.17, 15) is 9.59 Å². The topological polar surface area (TPSA) is 93.0 Å². The van der Waals surface area contributed by atoms with Gasteiger partial charge in [-0.2, -0.15) is 5.10 Å². The summed E-state index contributed by atoms with van der Waals surface area (Å²) in [5, 5.41) is 7.52. The Morgan fingerprint density at radius 2 is 2.00 bits per heavy atom. The summed E-state index contributed by atoms with van der Waals surface area (Å²) in [6, 6.07) is 3.70. The molecule has 8 nitrogen and oxygen atoms in total. The minimum atomic E-state index is -0.248. The Kier molecular flexibility index (Phi) is 5.76.